The van der Waals surface area contributed by atoms with E-state index in [0.717, 1.165) is 11.1 Å². The third-order valence-electron chi connectivity index (χ3n) is 4.89. The number of rotatable bonds is 7. The van der Waals surface area contributed by atoms with Gasteiger partial charge in [0.25, 0.3) is 0 Å². The van der Waals surface area contributed by atoms with Crippen molar-refractivity contribution in [2.24, 2.45) is 0 Å². The minimum atomic E-state index is -0.319. The van der Waals surface area contributed by atoms with Crippen LogP contribution in [0.15, 0.2) is 73.2 Å². The molecule has 7 heteroatoms. The largest absolute Gasteiger partial charge is 0.467 e. The first-order valence-electron chi connectivity index (χ1n) is 9.54. The Morgan fingerprint density at radius 3 is 2.50 bits per heavy atom. The maximum absolute atomic E-state index is 13.5. The van der Waals surface area contributed by atoms with Crippen LogP contribution >= 0.6 is 0 Å². The van der Waals surface area contributed by atoms with Crippen molar-refractivity contribution in [1.82, 2.24) is 19.5 Å². The summed E-state index contributed by atoms with van der Waals surface area (Å²) in [6.45, 7) is -0.0800. The molecule has 0 aliphatic rings. The number of aromatic nitrogens is 4. The summed E-state index contributed by atoms with van der Waals surface area (Å²) in [4.78, 5) is 13.1. The molecule has 1 N–H and O–H groups in total. The van der Waals surface area contributed by atoms with Gasteiger partial charge < -0.3 is 14.4 Å². The summed E-state index contributed by atoms with van der Waals surface area (Å²) in [5, 5.41) is 10.2. The number of methoxy groups -OCH3 is 1. The monoisotopic (exact) mass is 404 g/mol. The summed E-state index contributed by atoms with van der Waals surface area (Å²) < 4.78 is 20.6. The van der Waals surface area contributed by atoms with E-state index in [0.29, 0.717) is 23.5 Å². The highest BCUT2D eigenvalue weighted by Gasteiger charge is 2.22. The first-order valence-corrected chi connectivity index (χ1v) is 9.54. The SMILES string of the molecule is COc1nccc(-c2c(-c3ccc(F)cc3)ncn2C(CO)Cc2ccccc2)n1. The van der Waals surface area contributed by atoms with Crippen molar-refractivity contribution in [3.63, 3.8) is 0 Å². The quantitative estimate of drug-likeness (QED) is 0.505. The molecule has 0 saturated carbocycles. The van der Waals surface area contributed by atoms with Crippen LogP contribution in [0.3, 0.4) is 0 Å². The summed E-state index contributed by atoms with van der Waals surface area (Å²) >= 11 is 0. The standard InChI is InChI=1S/C23H21FN4O2/c1-30-23-25-12-11-20(27-23)22-21(17-7-9-18(24)10-8-17)26-15-28(22)19(14-29)13-16-5-3-2-4-6-16/h2-12,15,19,29H,13-14H2,1H3. The zero-order chi connectivity index (χ0) is 20.9. The van der Waals surface area contributed by atoms with Crippen LogP contribution < -0.4 is 4.74 Å². The Labute approximate surface area is 173 Å². The van der Waals surface area contributed by atoms with Crippen molar-refractivity contribution in [3.05, 3.63) is 84.6 Å². The highest BCUT2D eigenvalue weighted by Crippen LogP contribution is 2.33. The number of ether oxygens (including phenoxy) is 1. The van der Waals surface area contributed by atoms with E-state index in [1.807, 2.05) is 34.9 Å². The van der Waals surface area contributed by atoms with Crippen LogP contribution in [0.4, 0.5) is 4.39 Å². The molecule has 0 aliphatic heterocycles. The molecule has 0 radical (unpaired) electrons. The summed E-state index contributed by atoms with van der Waals surface area (Å²) in [5.41, 5.74) is 3.80. The number of halogens is 1. The molecule has 2 aromatic heterocycles. The number of hydrogen-bond donors (Lipinski definition) is 1. The summed E-state index contributed by atoms with van der Waals surface area (Å²) in [5.74, 6) is -0.319. The molecule has 4 aromatic rings. The van der Waals surface area contributed by atoms with Crippen LogP contribution in [0.25, 0.3) is 22.6 Å². The number of nitrogens with zero attached hydrogens (tertiary/aromatic N) is 4. The van der Waals surface area contributed by atoms with E-state index < -0.39 is 0 Å². The second-order valence-corrected chi connectivity index (χ2v) is 6.81. The van der Waals surface area contributed by atoms with Gasteiger partial charge in [-0.05, 0) is 42.3 Å². The van der Waals surface area contributed by atoms with Gasteiger partial charge in [0, 0.05) is 11.8 Å². The number of benzene rings is 2. The predicted octanol–water partition coefficient (Wildman–Crippen LogP) is 3.93. The lowest BCUT2D eigenvalue weighted by molar-refractivity contribution is 0.228. The van der Waals surface area contributed by atoms with Gasteiger partial charge in [0.1, 0.15) is 5.82 Å². The lowest BCUT2D eigenvalue weighted by Gasteiger charge is -2.19. The molecule has 6 nitrogen and oxygen atoms in total. The third kappa shape index (κ3) is 4.06. The van der Waals surface area contributed by atoms with E-state index in [1.54, 1.807) is 30.7 Å². The molecule has 0 spiro atoms. The Hall–Kier alpha value is -3.58. The smallest absolute Gasteiger partial charge is 0.316 e. The number of hydrogen-bond acceptors (Lipinski definition) is 5. The average molecular weight is 404 g/mol. The van der Waals surface area contributed by atoms with Gasteiger partial charge in [0.2, 0.25) is 0 Å². The molecule has 0 aliphatic carbocycles. The molecule has 1 unspecified atom stereocenters. The summed E-state index contributed by atoms with van der Waals surface area (Å²) in [7, 11) is 1.50. The molecule has 0 amide bonds. The van der Waals surface area contributed by atoms with Crippen molar-refractivity contribution in [2.45, 2.75) is 12.5 Å². The highest BCUT2D eigenvalue weighted by molar-refractivity contribution is 5.77. The molecule has 2 aromatic carbocycles. The predicted molar refractivity (Wildman–Crippen MR) is 111 cm³/mol. The van der Waals surface area contributed by atoms with Gasteiger partial charge >= 0.3 is 6.01 Å². The Morgan fingerprint density at radius 1 is 1.03 bits per heavy atom. The highest BCUT2D eigenvalue weighted by atomic mass is 19.1. The van der Waals surface area contributed by atoms with E-state index in [-0.39, 0.29) is 24.5 Å². The molecule has 2 heterocycles. The van der Waals surface area contributed by atoms with E-state index in [4.69, 9.17) is 4.74 Å². The van der Waals surface area contributed by atoms with Crippen LogP contribution in [-0.2, 0) is 6.42 Å². The topological polar surface area (TPSA) is 73.1 Å². The number of imidazole rings is 1. The van der Waals surface area contributed by atoms with Crippen LogP contribution in [0, 0.1) is 5.82 Å². The third-order valence-corrected chi connectivity index (χ3v) is 4.89. The van der Waals surface area contributed by atoms with Crippen molar-refractivity contribution in [2.75, 3.05) is 13.7 Å². The van der Waals surface area contributed by atoms with Crippen molar-refractivity contribution < 1.29 is 14.2 Å². The van der Waals surface area contributed by atoms with Crippen molar-refractivity contribution >= 4 is 0 Å². The fraction of sp³-hybridized carbons (Fsp3) is 0.174. The molecule has 30 heavy (non-hydrogen) atoms. The van der Waals surface area contributed by atoms with Crippen LogP contribution in [0.1, 0.15) is 11.6 Å². The fourth-order valence-corrected chi connectivity index (χ4v) is 3.42. The molecule has 4 rings (SSSR count). The van der Waals surface area contributed by atoms with Crippen molar-refractivity contribution in [3.8, 4) is 28.7 Å². The molecule has 1 atom stereocenters. The number of aliphatic hydroxyl groups is 1. The van der Waals surface area contributed by atoms with Gasteiger partial charge in [0.05, 0.1) is 43.2 Å². The van der Waals surface area contributed by atoms with Gasteiger partial charge in [-0.1, -0.05) is 30.3 Å². The van der Waals surface area contributed by atoms with Gasteiger partial charge in [-0.15, -0.1) is 0 Å². The van der Waals surface area contributed by atoms with Gasteiger partial charge in [-0.2, -0.15) is 4.98 Å². The Morgan fingerprint density at radius 2 is 1.80 bits per heavy atom. The summed E-state index contributed by atoms with van der Waals surface area (Å²) in [6, 6.07) is 17.8. The van der Waals surface area contributed by atoms with E-state index in [2.05, 4.69) is 15.0 Å². The Balaban J connectivity index is 1.84. The summed E-state index contributed by atoms with van der Waals surface area (Å²) in [6.07, 6.45) is 3.91. The van der Waals surface area contributed by atoms with Gasteiger partial charge in [0.15, 0.2) is 0 Å². The zero-order valence-corrected chi connectivity index (χ0v) is 16.4. The fourth-order valence-electron chi connectivity index (χ4n) is 3.42. The molecule has 0 saturated heterocycles. The molecule has 0 fully saturated rings. The Kier molecular flexibility index (Phi) is 5.81. The molecular weight excluding hydrogens is 383 g/mol. The first-order chi connectivity index (χ1) is 14.7. The van der Waals surface area contributed by atoms with Crippen molar-refractivity contribution in [1.29, 1.82) is 0 Å². The molecule has 152 valence electrons. The molecular formula is C23H21FN4O2. The first kappa shape index (κ1) is 19.7. The molecule has 0 bridgehead atoms. The second-order valence-electron chi connectivity index (χ2n) is 6.81. The minimum Gasteiger partial charge on any atom is -0.467 e. The normalized spacial score (nSPS) is 12.0. The second kappa shape index (κ2) is 8.84. The van der Waals surface area contributed by atoms with E-state index in [9.17, 15) is 9.50 Å². The zero-order valence-electron chi connectivity index (χ0n) is 16.4. The van der Waals surface area contributed by atoms with Crippen LogP contribution in [-0.4, -0.2) is 38.3 Å². The maximum Gasteiger partial charge on any atom is 0.316 e. The van der Waals surface area contributed by atoms with E-state index in [1.165, 1.54) is 19.2 Å². The van der Waals surface area contributed by atoms with Crippen LogP contribution in [0.2, 0.25) is 0 Å². The average Bonchev–Trinajstić information content (AvgIpc) is 3.23. The number of aliphatic hydroxyl groups excluding tert-OH is 1. The maximum atomic E-state index is 13.5. The lowest BCUT2D eigenvalue weighted by atomic mass is 10.0. The van der Waals surface area contributed by atoms with Crippen LogP contribution in [0.5, 0.6) is 6.01 Å². The van der Waals surface area contributed by atoms with Gasteiger partial charge in [-0.25, -0.2) is 14.4 Å². The van der Waals surface area contributed by atoms with Gasteiger partial charge in [-0.3, -0.25) is 0 Å². The Bertz CT molecular complexity index is 1110. The van der Waals surface area contributed by atoms with E-state index >= 15 is 0 Å². The minimum absolute atomic E-state index is 0.0800. The lowest BCUT2D eigenvalue weighted by Crippen LogP contribution is -2.17.